The van der Waals surface area contributed by atoms with E-state index in [4.69, 9.17) is 9.47 Å². The third-order valence-corrected chi connectivity index (χ3v) is 3.86. The van der Waals surface area contributed by atoms with Gasteiger partial charge in [0.25, 0.3) is 0 Å². The van der Waals surface area contributed by atoms with Crippen molar-refractivity contribution in [3.8, 4) is 22.6 Å². The Morgan fingerprint density at radius 1 is 1.30 bits per heavy atom. The molecule has 0 saturated carbocycles. The van der Waals surface area contributed by atoms with Crippen LogP contribution < -0.4 is 9.47 Å². The summed E-state index contributed by atoms with van der Waals surface area (Å²) in [7, 11) is 0. The van der Waals surface area contributed by atoms with Gasteiger partial charge in [0, 0.05) is 36.0 Å². The lowest BCUT2D eigenvalue weighted by Crippen LogP contribution is -2.38. The number of aliphatic carboxylic acids is 1. The minimum absolute atomic E-state index is 0.491. The maximum Gasteiger partial charge on any atom is 0.347 e. The summed E-state index contributed by atoms with van der Waals surface area (Å²) in [5, 5.41) is 9.33. The van der Waals surface area contributed by atoms with E-state index in [2.05, 4.69) is 4.98 Å². The molecular weight excluding hydrogens is 294 g/mol. The number of ether oxygens (including phenoxy) is 2. The molecule has 5 nitrogen and oxygen atoms in total. The van der Waals surface area contributed by atoms with Crippen molar-refractivity contribution in [1.29, 1.82) is 0 Å². The van der Waals surface area contributed by atoms with Crippen LogP contribution in [0.1, 0.15) is 25.0 Å². The molecule has 0 fully saturated rings. The third kappa shape index (κ3) is 2.99. The van der Waals surface area contributed by atoms with Gasteiger partial charge in [-0.15, -0.1) is 0 Å². The van der Waals surface area contributed by atoms with Crippen molar-refractivity contribution in [3.63, 3.8) is 0 Å². The van der Waals surface area contributed by atoms with Crippen LogP contribution in [-0.2, 0) is 11.2 Å². The highest BCUT2D eigenvalue weighted by atomic mass is 16.5. The van der Waals surface area contributed by atoms with Crippen LogP contribution in [-0.4, -0.2) is 28.3 Å². The van der Waals surface area contributed by atoms with Gasteiger partial charge in [0.05, 0.1) is 6.61 Å². The Labute approximate surface area is 134 Å². The van der Waals surface area contributed by atoms with Crippen LogP contribution in [0, 0.1) is 6.92 Å². The molecule has 1 aliphatic rings. The van der Waals surface area contributed by atoms with E-state index in [-0.39, 0.29) is 0 Å². The number of carboxylic acid groups (broad SMARTS) is 1. The quantitative estimate of drug-likeness (QED) is 0.938. The summed E-state index contributed by atoms with van der Waals surface area (Å²) >= 11 is 0. The first-order valence-corrected chi connectivity index (χ1v) is 7.51. The number of carbonyl (C=O) groups is 1. The highest BCUT2D eigenvalue weighted by molar-refractivity contribution is 5.78. The number of nitrogens with zero attached hydrogens (tertiary/aromatic N) is 1. The highest BCUT2D eigenvalue weighted by Gasteiger charge is 2.31. The summed E-state index contributed by atoms with van der Waals surface area (Å²) in [4.78, 5) is 15.6. The molecular formula is C18H19NO4. The fourth-order valence-electron chi connectivity index (χ4n) is 2.54. The van der Waals surface area contributed by atoms with Gasteiger partial charge in [-0.3, -0.25) is 4.98 Å². The third-order valence-electron chi connectivity index (χ3n) is 3.86. The zero-order chi connectivity index (χ0) is 16.6. The standard InChI is InChI=1S/C18H19NO4/c1-11-6-13(10-19-9-11)14-7-12-4-5-22-15(12)8-16(14)23-18(2,3)17(20)21/h6-10H,4-5H2,1-3H3,(H,20,21). The van der Waals surface area contributed by atoms with Crippen LogP contribution in [0.2, 0.25) is 0 Å². The van der Waals surface area contributed by atoms with Gasteiger partial charge in [0.15, 0.2) is 5.60 Å². The van der Waals surface area contributed by atoms with Crippen LogP contribution in [0.15, 0.2) is 30.6 Å². The fraction of sp³-hybridized carbons (Fsp3) is 0.333. The first-order valence-electron chi connectivity index (χ1n) is 7.51. The van der Waals surface area contributed by atoms with Gasteiger partial charge in [-0.1, -0.05) is 0 Å². The zero-order valence-corrected chi connectivity index (χ0v) is 13.4. The summed E-state index contributed by atoms with van der Waals surface area (Å²) in [5.41, 5.74) is 2.53. The molecule has 0 aliphatic carbocycles. The van der Waals surface area contributed by atoms with Crippen LogP contribution in [0.5, 0.6) is 11.5 Å². The van der Waals surface area contributed by atoms with Crippen molar-refractivity contribution in [1.82, 2.24) is 4.98 Å². The average Bonchev–Trinajstić information content (AvgIpc) is 2.93. The number of aromatic nitrogens is 1. The number of benzene rings is 1. The van der Waals surface area contributed by atoms with Crippen LogP contribution >= 0.6 is 0 Å². The predicted octanol–water partition coefficient (Wildman–Crippen LogP) is 3.23. The van der Waals surface area contributed by atoms with Crippen LogP contribution in [0.3, 0.4) is 0 Å². The minimum Gasteiger partial charge on any atom is -0.493 e. The van der Waals surface area contributed by atoms with Crippen molar-refractivity contribution in [2.45, 2.75) is 32.8 Å². The van der Waals surface area contributed by atoms with Gasteiger partial charge in [0.1, 0.15) is 11.5 Å². The number of hydrogen-bond acceptors (Lipinski definition) is 4. The molecule has 1 aromatic heterocycles. The molecule has 0 spiro atoms. The number of fused-ring (bicyclic) bond motifs is 1. The molecule has 1 N–H and O–H groups in total. The van der Waals surface area contributed by atoms with E-state index in [0.29, 0.717) is 12.4 Å². The Morgan fingerprint density at radius 3 is 2.78 bits per heavy atom. The Hall–Kier alpha value is -2.56. The lowest BCUT2D eigenvalue weighted by molar-refractivity contribution is -0.152. The largest absolute Gasteiger partial charge is 0.493 e. The fourth-order valence-corrected chi connectivity index (χ4v) is 2.54. The van der Waals surface area contributed by atoms with Crippen LogP contribution in [0.4, 0.5) is 0 Å². The topological polar surface area (TPSA) is 68.7 Å². The van der Waals surface area contributed by atoms with Crippen molar-refractivity contribution in [2.24, 2.45) is 0 Å². The average molecular weight is 313 g/mol. The normalized spacial score (nSPS) is 13.3. The lowest BCUT2D eigenvalue weighted by atomic mass is 10.0. The molecule has 0 saturated heterocycles. The van der Waals surface area contributed by atoms with Crippen molar-refractivity contribution in [3.05, 3.63) is 41.7 Å². The van der Waals surface area contributed by atoms with Gasteiger partial charge >= 0.3 is 5.97 Å². The second-order valence-corrected chi connectivity index (χ2v) is 6.22. The smallest absolute Gasteiger partial charge is 0.347 e. The second kappa shape index (κ2) is 5.57. The van der Waals surface area contributed by atoms with Gasteiger partial charge in [0.2, 0.25) is 0 Å². The molecule has 23 heavy (non-hydrogen) atoms. The van der Waals surface area contributed by atoms with Crippen molar-refractivity contribution >= 4 is 5.97 Å². The molecule has 0 bridgehead atoms. The molecule has 0 radical (unpaired) electrons. The molecule has 2 aromatic rings. The number of hydrogen-bond donors (Lipinski definition) is 1. The SMILES string of the molecule is Cc1cncc(-c2cc3c(cc2OC(C)(C)C(=O)O)OCC3)c1. The molecule has 0 unspecified atom stereocenters. The van der Waals surface area contributed by atoms with Gasteiger partial charge in [-0.25, -0.2) is 4.79 Å². The Kier molecular flexibility index (Phi) is 3.72. The molecule has 1 aromatic carbocycles. The Bertz CT molecular complexity index is 768. The van der Waals surface area contributed by atoms with E-state index in [0.717, 1.165) is 34.4 Å². The zero-order valence-electron chi connectivity index (χ0n) is 13.4. The summed E-state index contributed by atoms with van der Waals surface area (Å²) < 4.78 is 11.4. The van der Waals surface area contributed by atoms with E-state index in [1.807, 2.05) is 19.1 Å². The minimum atomic E-state index is -1.33. The van der Waals surface area contributed by atoms with E-state index in [9.17, 15) is 9.90 Å². The van der Waals surface area contributed by atoms with Gasteiger partial charge < -0.3 is 14.6 Å². The van der Waals surface area contributed by atoms with E-state index in [1.54, 1.807) is 18.5 Å². The van der Waals surface area contributed by atoms with Gasteiger partial charge in [-0.2, -0.15) is 0 Å². The number of rotatable bonds is 4. The maximum atomic E-state index is 11.4. The summed E-state index contributed by atoms with van der Waals surface area (Å²) in [6, 6.07) is 5.79. The van der Waals surface area contributed by atoms with E-state index >= 15 is 0 Å². The second-order valence-electron chi connectivity index (χ2n) is 6.22. The van der Waals surface area contributed by atoms with Crippen LogP contribution in [0.25, 0.3) is 11.1 Å². The predicted molar refractivity (Wildman–Crippen MR) is 86.0 cm³/mol. The summed E-state index contributed by atoms with van der Waals surface area (Å²) in [5.74, 6) is 0.225. The number of aryl methyl sites for hydroxylation is 1. The maximum absolute atomic E-state index is 11.4. The summed E-state index contributed by atoms with van der Waals surface area (Å²) in [6.07, 6.45) is 4.37. The molecule has 0 atom stereocenters. The Balaban J connectivity index is 2.12. The monoisotopic (exact) mass is 313 g/mol. The van der Waals surface area contributed by atoms with E-state index < -0.39 is 11.6 Å². The van der Waals surface area contributed by atoms with E-state index in [1.165, 1.54) is 13.8 Å². The highest BCUT2D eigenvalue weighted by Crippen LogP contribution is 2.40. The molecule has 5 heteroatoms. The van der Waals surface area contributed by atoms with Crippen molar-refractivity contribution in [2.75, 3.05) is 6.61 Å². The molecule has 2 heterocycles. The molecule has 1 aliphatic heterocycles. The van der Waals surface area contributed by atoms with Gasteiger partial charge in [-0.05, 0) is 44.0 Å². The molecule has 120 valence electrons. The summed E-state index contributed by atoms with van der Waals surface area (Å²) in [6.45, 7) is 5.66. The molecule has 0 amide bonds. The first kappa shape index (κ1) is 15.3. The first-order chi connectivity index (χ1) is 10.9. The number of pyridine rings is 1. The lowest BCUT2D eigenvalue weighted by Gasteiger charge is -2.24. The number of carboxylic acids is 1. The van der Waals surface area contributed by atoms with Crippen molar-refractivity contribution < 1.29 is 19.4 Å². The molecule has 3 rings (SSSR count). The Morgan fingerprint density at radius 2 is 2.09 bits per heavy atom.